The molecule has 0 saturated carbocycles. The molecule has 2 aliphatic rings. The summed E-state index contributed by atoms with van der Waals surface area (Å²) < 4.78 is 50.5. The lowest BCUT2D eigenvalue weighted by Gasteiger charge is -2.42. The zero-order chi connectivity index (χ0) is 27.4. The largest absolute Gasteiger partial charge is 0.490 e. The van der Waals surface area contributed by atoms with Gasteiger partial charge in [0.05, 0.1) is 29.7 Å². The quantitative estimate of drug-likeness (QED) is 0.579. The van der Waals surface area contributed by atoms with E-state index in [-0.39, 0.29) is 48.1 Å². The van der Waals surface area contributed by atoms with Gasteiger partial charge in [0.25, 0.3) is 11.8 Å². The van der Waals surface area contributed by atoms with Crippen molar-refractivity contribution in [3.63, 3.8) is 0 Å². The molecule has 0 radical (unpaired) electrons. The van der Waals surface area contributed by atoms with Crippen LogP contribution in [-0.2, 0) is 15.7 Å². The summed E-state index contributed by atoms with van der Waals surface area (Å²) in [7, 11) is 1.68. The lowest BCUT2D eigenvalue weighted by molar-refractivity contribution is -0.137. The number of nitrogens with one attached hydrogen (secondary N) is 2. The molecule has 0 unspecified atom stereocenters. The van der Waals surface area contributed by atoms with E-state index in [2.05, 4.69) is 10.6 Å². The number of likely N-dealkylation sites (N-methyl/N-ethyl adjacent to an activating group) is 1. The molecule has 204 valence electrons. The van der Waals surface area contributed by atoms with E-state index in [1.54, 1.807) is 24.1 Å². The topological polar surface area (TPSA) is 97.0 Å². The Bertz CT molecular complexity index is 1190. The molecule has 3 amide bonds. The van der Waals surface area contributed by atoms with Crippen LogP contribution in [0.25, 0.3) is 0 Å². The highest BCUT2D eigenvalue weighted by Gasteiger charge is 2.39. The number of benzene rings is 2. The van der Waals surface area contributed by atoms with Crippen molar-refractivity contribution in [1.29, 1.82) is 0 Å². The first-order valence-electron chi connectivity index (χ1n) is 12.5. The van der Waals surface area contributed by atoms with Crippen molar-refractivity contribution in [3.05, 3.63) is 59.2 Å². The zero-order valence-corrected chi connectivity index (χ0v) is 21.1. The van der Waals surface area contributed by atoms with Crippen molar-refractivity contribution < 1.29 is 37.0 Å². The molecule has 0 spiro atoms. The first-order valence-corrected chi connectivity index (χ1v) is 12.5. The fourth-order valence-corrected chi connectivity index (χ4v) is 4.66. The maximum atomic E-state index is 13.4. The molecule has 2 aliphatic heterocycles. The Morgan fingerprint density at radius 1 is 1.11 bits per heavy atom. The highest BCUT2D eigenvalue weighted by molar-refractivity contribution is 6.05. The van der Waals surface area contributed by atoms with Gasteiger partial charge in [-0.2, -0.15) is 13.2 Å². The standard InChI is InChI=1S/C27H30F3N3O5/c1-3-12-31-24(34)14-19-9-10-21-23(38-19)15-37-22-11-8-18(13-20(22)26(36)33(21)2)32-25(35)16-4-6-17(7-5-16)27(28,29)30/h4-8,11,13,19,21,23H,3,9-10,12,14-15H2,1-2H3,(H,31,34)(H,32,35)/t19-,21+,23-/m0/s1. The molecule has 0 aliphatic carbocycles. The molecule has 3 atom stereocenters. The van der Waals surface area contributed by atoms with Crippen LogP contribution in [0.3, 0.4) is 0 Å². The Morgan fingerprint density at radius 2 is 1.84 bits per heavy atom. The number of carbonyl (C=O) groups is 3. The number of ether oxygens (including phenoxy) is 2. The molecule has 0 aromatic heterocycles. The van der Waals surface area contributed by atoms with Crippen LogP contribution in [0.15, 0.2) is 42.5 Å². The maximum Gasteiger partial charge on any atom is 0.416 e. The second-order valence-corrected chi connectivity index (χ2v) is 9.46. The van der Waals surface area contributed by atoms with Gasteiger partial charge < -0.3 is 25.0 Å². The summed E-state index contributed by atoms with van der Waals surface area (Å²) in [6.07, 6.45) is -2.81. The van der Waals surface area contributed by atoms with E-state index in [0.717, 1.165) is 30.7 Å². The Balaban J connectivity index is 1.45. The van der Waals surface area contributed by atoms with Gasteiger partial charge in [-0.25, -0.2) is 0 Å². The number of hydrogen-bond donors (Lipinski definition) is 2. The first-order chi connectivity index (χ1) is 18.1. The monoisotopic (exact) mass is 533 g/mol. The van der Waals surface area contributed by atoms with Gasteiger partial charge in [0.1, 0.15) is 18.5 Å². The predicted molar refractivity (Wildman–Crippen MR) is 133 cm³/mol. The van der Waals surface area contributed by atoms with Gasteiger partial charge >= 0.3 is 6.18 Å². The van der Waals surface area contributed by atoms with E-state index in [4.69, 9.17) is 9.47 Å². The van der Waals surface area contributed by atoms with Crippen molar-refractivity contribution in [2.75, 3.05) is 25.5 Å². The smallest absolute Gasteiger partial charge is 0.416 e. The maximum absolute atomic E-state index is 13.4. The van der Waals surface area contributed by atoms with Gasteiger partial charge in [-0.3, -0.25) is 14.4 Å². The second kappa shape index (κ2) is 11.4. The van der Waals surface area contributed by atoms with Gasteiger partial charge in [-0.15, -0.1) is 0 Å². The van der Waals surface area contributed by atoms with Crippen LogP contribution in [0.5, 0.6) is 5.75 Å². The Kier molecular flexibility index (Phi) is 8.25. The van der Waals surface area contributed by atoms with Crippen molar-refractivity contribution in [3.8, 4) is 5.75 Å². The highest BCUT2D eigenvalue weighted by atomic mass is 19.4. The molecule has 1 saturated heterocycles. The Morgan fingerprint density at radius 3 is 2.53 bits per heavy atom. The van der Waals surface area contributed by atoms with Crippen LogP contribution < -0.4 is 15.4 Å². The molecule has 2 N–H and O–H groups in total. The summed E-state index contributed by atoms with van der Waals surface area (Å²) in [4.78, 5) is 39.7. The molecule has 4 rings (SSSR count). The normalized spacial score (nSPS) is 21.3. The number of halogens is 3. The lowest BCUT2D eigenvalue weighted by Crippen LogP contribution is -2.54. The molecule has 11 heteroatoms. The number of nitrogens with zero attached hydrogens (tertiary/aromatic N) is 1. The third-order valence-electron chi connectivity index (χ3n) is 6.73. The fraction of sp³-hybridized carbons (Fsp3) is 0.444. The molecule has 8 nitrogen and oxygen atoms in total. The van der Waals surface area contributed by atoms with Gasteiger partial charge in [0.15, 0.2) is 0 Å². The van der Waals surface area contributed by atoms with Gasteiger partial charge in [-0.1, -0.05) is 6.92 Å². The van der Waals surface area contributed by atoms with Crippen LogP contribution in [-0.4, -0.2) is 61.1 Å². The molecule has 0 bridgehead atoms. The third-order valence-corrected chi connectivity index (χ3v) is 6.73. The van der Waals surface area contributed by atoms with Crippen molar-refractivity contribution >= 4 is 23.4 Å². The summed E-state index contributed by atoms with van der Waals surface area (Å²) in [5, 5.41) is 5.47. The minimum Gasteiger partial charge on any atom is -0.490 e. The molecular weight excluding hydrogens is 503 g/mol. The van der Waals surface area contributed by atoms with Crippen molar-refractivity contribution in [1.82, 2.24) is 10.2 Å². The van der Waals surface area contributed by atoms with E-state index in [9.17, 15) is 27.6 Å². The summed E-state index contributed by atoms with van der Waals surface area (Å²) in [5.74, 6) is -0.675. The van der Waals surface area contributed by atoms with Gasteiger partial charge in [0.2, 0.25) is 5.91 Å². The molecule has 1 fully saturated rings. The van der Waals surface area contributed by atoms with Crippen LogP contribution in [0.4, 0.5) is 18.9 Å². The van der Waals surface area contributed by atoms with Crippen molar-refractivity contribution in [2.45, 2.75) is 57.0 Å². The number of amides is 3. The van der Waals surface area contributed by atoms with E-state index < -0.39 is 23.8 Å². The summed E-state index contributed by atoms with van der Waals surface area (Å²) in [6, 6.07) is 8.21. The summed E-state index contributed by atoms with van der Waals surface area (Å²) >= 11 is 0. The van der Waals surface area contributed by atoms with E-state index in [1.807, 2.05) is 6.92 Å². The van der Waals surface area contributed by atoms with Crippen LogP contribution in [0, 0.1) is 0 Å². The lowest BCUT2D eigenvalue weighted by atomic mass is 9.94. The number of carbonyl (C=O) groups excluding carboxylic acids is 3. The van der Waals surface area contributed by atoms with Crippen LogP contribution in [0.1, 0.15) is 58.9 Å². The Labute approximate surface area is 218 Å². The summed E-state index contributed by atoms with van der Waals surface area (Å²) in [6.45, 7) is 2.77. The first kappa shape index (κ1) is 27.4. The molecule has 2 aromatic carbocycles. The fourth-order valence-electron chi connectivity index (χ4n) is 4.66. The molecule has 2 heterocycles. The SMILES string of the molecule is CCCNC(=O)C[C@@H]1CC[C@@H]2[C@H](COc3ccc(NC(=O)c4ccc(C(F)(F)F)cc4)cc3C(=O)N2C)O1. The zero-order valence-electron chi connectivity index (χ0n) is 21.1. The van der Waals surface area contributed by atoms with E-state index >= 15 is 0 Å². The summed E-state index contributed by atoms with van der Waals surface area (Å²) in [5.41, 5.74) is -0.257. The molecular formula is C27H30F3N3O5. The Hall–Kier alpha value is -3.60. The minimum atomic E-state index is -4.50. The predicted octanol–water partition coefficient (Wildman–Crippen LogP) is 4.25. The number of anilines is 1. The van der Waals surface area contributed by atoms with Gasteiger partial charge in [-0.05, 0) is 61.7 Å². The number of hydrogen-bond acceptors (Lipinski definition) is 5. The minimum absolute atomic E-state index is 0.0459. The molecule has 2 aromatic rings. The average molecular weight is 534 g/mol. The highest BCUT2D eigenvalue weighted by Crippen LogP contribution is 2.33. The van der Waals surface area contributed by atoms with E-state index in [1.165, 1.54) is 6.07 Å². The molecule has 38 heavy (non-hydrogen) atoms. The average Bonchev–Trinajstić information content (AvgIpc) is 2.89. The second-order valence-electron chi connectivity index (χ2n) is 9.46. The number of fused-ring (bicyclic) bond motifs is 2. The van der Waals surface area contributed by atoms with Gasteiger partial charge in [0, 0.05) is 24.8 Å². The van der Waals surface area contributed by atoms with E-state index in [0.29, 0.717) is 30.8 Å². The number of alkyl halides is 3. The third kappa shape index (κ3) is 6.27. The van der Waals surface area contributed by atoms with Crippen molar-refractivity contribution in [2.24, 2.45) is 0 Å². The number of rotatable bonds is 6. The van der Waals surface area contributed by atoms with Crippen LogP contribution in [0.2, 0.25) is 0 Å². The van der Waals surface area contributed by atoms with Crippen LogP contribution >= 0.6 is 0 Å².